The smallest absolute Gasteiger partial charge is 0.253 e. The molecule has 0 heterocycles. The molecule has 3 rings (SSSR count). The molecule has 0 bridgehead atoms. The molecule has 0 saturated heterocycles. The van der Waals surface area contributed by atoms with E-state index in [0.29, 0.717) is 17.0 Å². The quantitative estimate of drug-likeness (QED) is 0.518. The van der Waals surface area contributed by atoms with Crippen LogP contribution in [-0.4, -0.2) is 17.6 Å². The zero-order chi connectivity index (χ0) is 21.3. The van der Waals surface area contributed by atoms with Crippen molar-refractivity contribution in [1.82, 2.24) is 5.32 Å². The van der Waals surface area contributed by atoms with Crippen molar-refractivity contribution < 1.29 is 9.59 Å². The number of thioether (sulfide) groups is 1. The molecule has 0 unspecified atom stereocenters. The summed E-state index contributed by atoms with van der Waals surface area (Å²) in [7, 11) is 0. The molecule has 154 valence electrons. The number of nitrogens with one attached hydrogen (secondary N) is 2. The summed E-state index contributed by atoms with van der Waals surface area (Å²) < 4.78 is 0. The van der Waals surface area contributed by atoms with Crippen LogP contribution in [0.25, 0.3) is 0 Å². The number of carbonyl (C=O) groups excluding carboxylic acids is 2. The second-order valence-electron chi connectivity index (χ2n) is 7.12. The van der Waals surface area contributed by atoms with Crippen LogP contribution in [0.4, 0.5) is 5.69 Å². The third-order valence-corrected chi connectivity index (χ3v) is 5.83. The maximum Gasteiger partial charge on any atom is 0.253 e. The minimum atomic E-state index is -0.213. The number of carbonyl (C=O) groups is 2. The van der Waals surface area contributed by atoms with Crippen LogP contribution in [0, 0.1) is 6.92 Å². The predicted octanol–water partition coefficient (Wildman–Crippen LogP) is 5.36. The average molecular weight is 419 g/mol. The van der Waals surface area contributed by atoms with Crippen LogP contribution in [0.2, 0.25) is 0 Å². The van der Waals surface area contributed by atoms with Gasteiger partial charge in [0, 0.05) is 5.75 Å². The summed E-state index contributed by atoms with van der Waals surface area (Å²) in [5.41, 5.74) is 4.46. The Labute approximate surface area is 182 Å². The van der Waals surface area contributed by atoms with Gasteiger partial charge in [0.05, 0.1) is 23.0 Å². The van der Waals surface area contributed by atoms with E-state index in [1.807, 2.05) is 55.5 Å². The summed E-state index contributed by atoms with van der Waals surface area (Å²) in [5.74, 6) is 0.765. The fourth-order valence-electron chi connectivity index (χ4n) is 3.10. The number of amides is 2. The van der Waals surface area contributed by atoms with Crippen molar-refractivity contribution in [2.24, 2.45) is 0 Å². The Kier molecular flexibility index (Phi) is 7.69. The molecule has 30 heavy (non-hydrogen) atoms. The molecule has 0 fully saturated rings. The van der Waals surface area contributed by atoms with E-state index in [1.165, 1.54) is 11.1 Å². The highest BCUT2D eigenvalue weighted by atomic mass is 32.2. The molecule has 0 aromatic heterocycles. The van der Waals surface area contributed by atoms with Gasteiger partial charge in [0.2, 0.25) is 5.91 Å². The Morgan fingerprint density at radius 2 is 1.57 bits per heavy atom. The number of hydrogen-bond acceptors (Lipinski definition) is 3. The van der Waals surface area contributed by atoms with E-state index in [-0.39, 0.29) is 17.9 Å². The van der Waals surface area contributed by atoms with E-state index in [4.69, 9.17) is 0 Å². The van der Waals surface area contributed by atoms with Crippen molar-refractivity contribution in [2.45, 2.75) is 25.6 Å². The van der Waals surface area contributed by atoms with E-state index in [1.54, 1.807) is 30.0 Å². The second kappa shape index (κ2) is 10.6. The van der Waals surface area contributed by atoms with Crippen molar-refractivity contribution in [2.75, 3.05) is 11.1 Å². The Hall–Kier alpha value is -3.05. The summed E-state index contributed by atoms with van der Waals surface area (Å²) >= 11 is 1.56. The van der Waals surface area contributed by atoms with Crippen LogP contribution in [0.5, 0.6) is 0 Å². The first-order chi connectivity index (χ1) is 14.5. The second-order valence-corrected chi connectivity index (χ2v) is 8.10. The first kappa shape index (κ1) is 21.7. The Morgan fingerprint density at radius 3 is 2.33 bits per heavy atom. The van der Waals surface area contributed by atoms with Gasteiger partial charge in [0.1, 0.15) is 0 Å². The average Bonchev–Trinajstić information content (AvgIpc) is 2.76. The summed E-state index contributed by atoms with van der Waals surface area (Å²) in [6.45, 7) is 4.01. The number of aryl methyl sites for hydroxylation is 1. The fourth-order valence-corrected chi connectivity index (χ4v) is 4.01. The molecule has 0 aliphatic heterocycles. The van der Waals surface area contributed by atoms with Crippen molar-refractivity contribution >= 4 is 29.3 Å². The molecule has 3 aromatic rings. The largest absolute Gasteiger partial charge is 0.345 e. The maximum absolute atomic E-state index is 12.8. The zero-order valence-corrected chi connectivity index (χ0v) is 18.0. The number of rotatable bonds is 8. The molecule has 4 nitrogen and oxygen atoms in total. The molecule has 0 aliphatic rings. The Balaban J connectivity index is 1.58. The van der Waals surface area contributed by atoms with Gasteiger partial charge in [-0.15, -0.1) is 11.8 Å². The molecule has 2 N–H and O–H groups in total. The number of anilines is 1. The van der Waals surface area contributed by atoms with Gasteiger partial charge in [-0.1, -0.05) is 66.7 Å². The molecule has 1 atom stereocenters. The van der Waals surface area contributed by atoms with Gasteiger partial charge < -0.3 is 10.6 Å². The van der Waals surface area contributed by atoms with Gasteiger partial charge in [-0.3, -0.25) is 9.59 Å². The first-order valence-corrected chi connectivity index (χ1v) is 11.1. The fraction of sp³-hybridized carbons (Fsp3) is 0.200. The van der Waals surface area contributed by atoms with Gasteiger partial charge in [-0.2, -0.15) is 0 Å². The molecule has 3 aromatic carbocycles. The van der Waals surface area contributed by atoms with Crippen LogP contribution in [0.1, 0.15) is 40.0 Å². The SMILES string of the molecule is Cc1ccccc1CSCC(=O)Nc1ccccc1C(=O)N[C@H](C)c1ccccc1. The van der Waals surface area contributed by atoms with Gasteiger partial charge in [0.25, 0.3) is 5.91 Å². The topological polar surface area (TPSA) is 58.2 Å². The number of benzene rings is 3. The molecule has 0 aliphatic carbocycles. The molecule has 0 saturated carbocycles. The van der Waals surface area contributed by atoms with Gasteiger partial charge in [-0.05, 0) is 42.7 Å². The molecular weight excluding hydrogens is 392 g/mol. The monoisotopic (exact) mass is 418 g/mol. The first-order valence-electron chi connectivity index (χ1n) is 9.91. The lowest BCUT2D eigenvalue weighted by atomic mass is 10.1. The highest BCUT2D eigenvalue weighted by Crippen LogP contribution is 2.20. The van der Waals surface area contributed by atoms with E-state index in [0.717, 1.165) is 11.3 Å². The summed E-state index contributed by atoms with van der Waals surface area (Å²) in [4.78, 5) is 25.2. The van der Waals surface area contributed by atoms with Crippen molar-refractivity contribution in [1.29, 1.82) is 0 Å². The normalized spacial score (nSPS) is 11.5. The Bertz CT molecular complexity index is 1000. The number of para-hydroxylation sites is 1. The van der Waals surface area contributed by atoms with E-state index in [2.05, 4.69) is 29.7 Å². The lowest BCUT2D eigenvalue weighted by Gasteiger charge is -2.16. The van der Waals surface area contributed by atoms with Crippen molar-refractivity contribution in [3.63, 3.8) is 0 Å². The van der Waals surface area contributed by atoms with E-state index >= 15 is 0 Å². The molecule has 2 amide bonds. The van der Waals surface area contributed by atoms with E-state index in [9.17, 15) is 9.59 Å². The van der Waals surface area contributed by atoms with Gasteiger partial charge in [0.15, 0.2) is 0 Å². The highest BCUT2D eigenvalue weighted by Gasteiger charge is 2.16. The van der Waals surface area contributed by atoms with Gasteiger partial charge >= 0.3 is 0 Å². The molecular formula is C25H26N2O2S. The Morgan fingerprint density at radius 1 is 0.900 bits per heavy atom. The minimum Gasteiger partial charge on any atom is -0.345 e. The summed E-state index contributed by atoms with van der Waals surface area (Å²) in [6, 6.07) is 24.9. The van der Waals surface area contributed by atoms with Crippen LogP contribution >= 0.6 is 11.8 Å². The third-order valence-electron chi connectivity index (χ3n) is 4.84. The number of hydrogen-bond donors (Lipinski definition) is 2. The lowest BCUT2D eigenvalue weighted by molar-refractivity contribution is -0.113. The molecule has 0 spiro atoms. The summed E-state index contributed by atoms with van der Waals surface area (Å²) in [6.07, 6.45) is 0. The lowest BCUT2D eigenvalue weighted by Crippen LogP contribution is -2.28. The van der Waals surface area contributed by atoms with Crippen LogP contribution in [0.15, 0.2) is 78.9 Å². The predicted molar refractivity (Wildman–Crippen MR) is 125 cm³/mol. The maximum atomic E-state index is 12.8. The van der Waals surface area contributed by atoms with Crippen LogP contribution in [0.3, 0.4) is 0 Å². The van der Waals surface area contributed by atoms with E-state index < -0.39 is 0 Å². The van der Waals surface area contributed by atoms with Crippen molar-refractivity contribution in [3.05, 3.63) is 101 Å². The molecule has 5 heteroatoms. The zero-order valence-electron chi connectivity index (χ0n) is 17.2. The summed E-state index contributed by atoms with van der Waals surface area (Å²) in [5, 5.41) is 5.89. The molecule has 0 radical (unpaired) electrons. The van der Waals surface area contributed by atoms with Crippen LogP contribution < -0.4 is 10.6 Å². The third kappa shape index (κ3) is 5.97. The highest BCUT2D eigenvalue weighted by molar-refractivity contribution is 7.99. The standard InChI is InChI=1S/C25H26N2O2S/c1-18-10-6-7-13-21(18)16-30-17-24(28)27-23-15-9-8-14-22(23)25(29)26-19(2)20-11-4-3-5-12-20/h3-15,19H,16-17H2,1-2H3,(H,26,29)(H,27,28)/t19-/m1/s1. The van der Waals surface area contributed by atoms with Crippen LogP contribution in [-0.2, 0) is 10.5 Å². The minimum absolute atomic E-state index is 0.120. The van der Waals surface area contributed by atoms with Crippen molar-refractivity contribution in [3.8, 4) is 0 Å². The van der Waals surface area contributed by atoms with Gasteiger partial charge in [-0.25, -0.2) is 0 Å².